The minimum absolute atomic E-state index is 0.160. The van der Waals surface area contributed by atoms with Crippen LogP contribution in [0, 0.1) is 17.5 Å². The van der Waals surface area contributed by atoms with E-state index in [0.717, 1.165) is 6.07 Å². The van der Waals surface area contributed by atoms with Crippen LogP contribution >= 0.6 is 0 Å². The normalized spacial score (nSPS) is 12.2. The Morgan fingerprint density at radius 1 is 1.00 bits per heavy atom. The first-order valence-electron chi connectivity index (χ1n) is 6.68. The SMILES string of the molecule is CCNC(C)c1c(F)cccc1Oc1cccc(F)c1F. The average molecular weight is 295 g/mol. The van der Waals surface area contributed by atoms with Gasteiger partial charge in [-0.05, 0) is 37.7 Å². The van der Waals surface area contributed by atoms with Gasteiger partial charge in [-0.2, -0.15) is 4.39 Å². The zero-order valence-electron chi connectivity index (χ0n) is 11.8. The molecule has 0 fully saturated rings. The molecular weight excluding hydrogens is 279 g/mol. The summed E-state index contributed by atoms with van der Waals surface area (Å²) in [6.07, 6.45) is 0. The molecule has 0 aromatic heterocycles. The second kappa shape index (κ2) is 6.63. The lowest BCUT2D eigenvalue weighted by molar-refractivity contribution is 0.403. The fourth-order valence-electron chi connectivity index (χ4n) is 2.12. The van der Waals surface area contributed by atoms with E-state index in [0.29, 0.717) is 6.54 Å². The van der Waals surface area contributed by atoms with Gasteiger partial charge < -0.3 is 10.1 Å². The minimum atomic E-state index is -1.09. The van der Waals surface area contributed by atoms with Gasteiger partial charge in [0.1, 0.15) is 11.6 Å². The summed E-state index contributed by atoms with van der Waals surface area (Å²) in [4.78, 5) is 0. The van der Waals surface area contributed by atoms with Crippen LogP contribution in [0.4, 0.5) is 13.2 Å². The third-order valence-electron chi connectivity index (χ3n) is 3.09. The molecule has 0 aliphatic carbocycles. The Kier molecular flexibility index (Phi) is 4.85. The van der Waals surface area contributed by atoms with Gasteiger partial charge in [-0.15, -0.1) is 0 Å². The molecule has 0 radical (unpaired) electrons. The number of benzene rings is 2. The lowest BCUT2D eigenvalue weighted by atomic mass is 10.1. The molecule has 21 heavy (non-hydrogen) atoms. The maximum Gasteiger partial charge on any atom is 0.201 e. The standard InChI is InChI=1S/C16H16F3NO/c1-3-20-10(2)15-11(17)6-4-8-13(15)21-14-9-5-7-12(18)16(14)19/h4-10,20H,3H2,1-2H3. The monoisotopic (exact) mass is 295 g/mol. The van der Waals surface area contributed by atoms with E-state index in [9.17, 15) is 13.2 Å². The van der Waals surface area contributed by atoms with Crippen molar-refractivity contribution in [3.63, 3.8) is 0 Å². The number of rotatable bonds is 5. The van der Waals surface area contributed by atoms with Crippen molar-refractivity contribution in [2.75, 3.05) is 6.54 Å². The first kappa shape index (κ1) is 15.4. The van der Waals surface area contributed by atoms with Gasteiger partial charge in [-0.1, -0.05) is 19.1 Å². The minimum Gasteiger partial charge on any atom is -0.454 e. The van der Waals surface area contributed by atoms with Gasteiger partial charge in [0, 0.05) is 11.6 Å². The van der Waals surface area contributed by atoms with Gasteiger partial charge in [0.15, 0.2) is 11.6 Å². The van der Waals surface area contributed by atoms with Crippen molar-refractivity contribution < 1.29 is 17.9 Å². The van der Waals surface area contributed by atoms with Gasteiger partial charge in [-0.25, -0.2) is 8.78 Å². The molecule has 2 nitrogen and oxygen atoms in total. The fourth-order valence-corrected chi connectivity index (χ4v) is 2.12. The second-order valence-corrected chi connectivity index (χ2v) is 4.59. The molecule has 1 atom stereocenters. The van der Waals surface area contributed by atoms with Crippen molar-refractivity contribution in [1.82, 2.24) is 5.32 Å². The van der Waals surface area contributed by atoms with E-state index < -0.39 is 17.5 Å². The predicted molar refractivity (Wildman–Crippen MR) is 74.9 cm³/mol. The van der Waals surface area contributed by atoms with Crippen molar-refractivity contribution in [3.8, 4) is 11.5 Å². The van der Waals surface area contributed by atoms with Gasteiger partial charge in [0.25, 0.3) is 0 Å². The Morgan fingerprint density at radius 2 is 1.62 bits per heavy atom. The van der Waals surface area contributed by atoms with E-state index >= 15 is 0 Å². The maximum absolute atomic E-state index is 14.0. The molecule has 5 heteroatoms. The summed E-state index contributed by atoms with van der Waals surface area (Å²) >= 11 is 0. The second-order valence-electron chi connectivity index (χ2n) is 4.59. The molecule has 112 valence electrons. The van der Waals surface area contributed by atoms with Crippen LogP contribution in [0.2, 0.25) is 0 Å². The van der Waals surface area contributed by atoms with E-state index in [1.54, 1.807) is 6.92 Å². The number of ether oxygens (including phenoxy) is 1. The van der Waals surface area contributed by atoms with Gasteiger partial charge in [0.2, 0.25) is 5.82 Å². The van der Waals surface area contributed by atoms with Gasteiger partial charge in [0.05, 0.1) is 0 Å². The molecule has 0 heterocycles. The van der Waals surface area contributed by atoms with E-state index in [-0.39, 0.29) is 23.1 Å². The summed E-state index contributed by atoms with van der Waals surface area (Å²) in [7, 11) is 0. The molecule has 2 rings (SSSR count). The van der Waals surface area contributed by atoms with Crippen LogP contribution in [0.5, 0.6) is 11.5 Å². The molecule has 1 unspecified atom stereocenters. The van der Waals surface area contributed by atoms with Crippen LogP contribution < -0.4 is 10.1 Å². The number of hydrogen-bond acceptors (Lipinski definition) is 2. The highest BCUT2D eigenvalue weighted by atomic mass is 19.2. The Morgan fingerprint density at radius 3 is 2.29 bits per heavy atom. The van der Waals surface area contributed by atoms with Crippen molar-refractivity contribution >= 4 is 0 Å². The molecule has 2 aromatic rings. The van der Waals surface area contributed by atoms with Crippen LogP contribution in [0.25, 0.3) is 0 Å². The molecule has 2 aromatic carbocycles. The molecule has 0 saturated carbocycles. The zero-order chi connectivity index (χ0) is 15.4. The average Bonchev–Trinajstić information content (AvgIpc) is 2.44. The number of halogens is 3. The van der Waals surface area contributed by atoms with Crippen molar-refractivity contribution in [3.05, 3.63) is 59.4 Å². The smallest absolute Gasteiger partial charge is 0.201 e. The summed E-state index contributed by atoms with van der Waals surface area (Å²) in [5, 5.41) is 3.07. The van der Waals surface area contributed by atoms with Crippen molar-refractivity contribution in [2.24, 2.45) is 0 Å². The molecule has 0 aliphatic heterocycles. The third kappa shape index (κ3) is 3.36. The first-order chi connectivity index (χ1) is 10.0. The lowest BCUT2D eigenvalue weighted by Crippen LogP contribution is -2.19. The molecule has 1 N–H and O–H groups in total. The van der Waals surface area contributed by atoms with Crippen LogP contribution in [-0.2, 0) is 0 Å². The van der Waals surface area contributed by atoms with Crippen LogP contribution in [-0.4, -0.2) is 6.54 Å². The number of nitrogens with one attached hydrogen (secondary N) is 1. The summed E-state index contributed by atoms with van der Waals surface area (Å²) in [6, 6.07) is 7.60. The first-order valence-corrected chi connectivity index (χ1v) is 6.68. The lowest BCUT2D eigenvalue weighted by Gasteiger charge is -2.18. The Bertz CT molecular complexity index is 631. The van der Waals surface area contributed by atoms with Crippen molar-refractivity contribution in [2.45, 2.75) is 19.9 Å². The van der Waals surface area contributed by atoms with Crippen LogP contribution in [0.3, 0.4) is 0 Å². The van der Waals surface area contributed by atoms with Gasteiger partial charge in [-0.3, -0.25) is 0 Å². The fraction of sp³-hybridized carbons (Fsp3) is 0.250. The van der Waals surface area contributed by atoms with E-state index in [1.165, 1.54) is 30.3 Å². The summed E-state index contributed by atoms with van der Waals surface area (Å²) in [6.45, 7) is 4.31. The highest BCUT2D eigenvalue weighted by Gasteiger charge is 2.18. The Labute approximate surface area is 121 Å². The van der Waals surface area contributed by atoms with E-state index in [1.807, 2.05) is 6.92 Å². The third-order valence-corrected chi connectivity index (χ3v) is 3.09. The molecule has 0 saturated heterocycles. The van der Waals surface area contributed by atoms with E-state index in [4.69, 9.17) is 4.74 Å². The quantitative estimate of drug-likeness (QED) is 0.872. The molecule has 0 aliphatic rings. The molecule has 0 spiro atoms. The molecule has 0 amide bonds. The largest absolute Gasteiger partial charge is 0.454 e. The highest BCUT2D eigenvalue weighted by Crippen LogP contribution is 2.33. The zero-order valence-corrected chi connectivity index (χ0v) is 11.8. The Balaban J connectivity index is 2.40. The number of hydrogen-bond donors (Lipinski definition) is 1. The van der Waals surface area contributed by atoms with Crippen LogP contribution in [0.15, 0.2) is 36.4 Å². The topological polar surface area (TPSA) is 21.3 Å². The summed E-state index contributed by atoms with van der Waals surface area (Å²) < 4.78 is 46.3. The highest BCUT2D eigenvalue weighted by molar-refractivity contribution is 5.41. The van der Waals surface area contributed by atoms with E-state index in [2.05, 4.69) is 5.32 Å². The van der Waals surface area contributed by atoms with Crippen LogP contribution in [0.1, 0.15) is 25.5 Å². The summed E-state index contributed by atoms with van der Waals surface area (Å²) in [5.41, 5.74) is 0.281. The Hall–Kier alpha value is -2.01. The van der Waals surface area contributed by atoms with Crippen molar-refractivity contribution in [1.29, 1.82) is 0 Å². The van der Waals surface area contributed by atoms with Gasteiger partial charge >= 0.3 is 0 Å². The summed E-state index contributed by atoms with van der Waals surface area (Å²) in [5.74, 6) is -2.68. The molecule has 0 bridgehead atoms. The maximum atomic E-state index is 14.0. The predicted octanol–water partition coefficient (Wildman–Crippen LogP) is 4.57. The molecular formula is C16H16F3NO.